The van der Waals surface area contributed by atoms with Gasteiger partial charge in [0.2, 0.25) is 0 Å². The van der Waals surface area contributed by atoms with Crippen molar-refractivity contribution in [1.29, 1.82) is 0 Å². The summed E-state index contributed by atoms with van der Waals surface area (Å²) in [5.74, 6) is 0. The molecule has 0 atom stereocenters. The van der Waals surface area contributed by atoms with Crippen molar-refractivity contribution in [3.05, 3.63) is 6.55 Å². The molecule has 0 aliphatic heterocycles. The molecule has 10 heavy (non-hydrogen) atoms. The van der Waals surface area contributed by atoms with E-state index in [-0.39, 0.29) is 40.0 Å². The summed E-state index contributed by atoms with van der Waals surface area (Å²) in [7, 11) is -1.11. The van der Waals surface area contributed by atoms with Gasteiger partial charge in [0.25, 0.3) is 0 Å². The molecule has 0 rings (SSSR count). The van der Waals surface area contributed by atoms with E-state index in [4.69, 9.17) is 0 Å². The van der Waals surface area contributed by atoms with Crippen molar-refractivity contribution in [3.63, 3.8) is 0 Å². The van der Waals surface area contributed by atoms with Gasteiger partial charge in [-0.05, 0) is 0 Å². The van der Waals surface area contributed by atoms with Crippen LogP contribution in [0, 0.1) is 6.55 Å². The van der Waals surface area contributed by atoms with Gasteiger partial charge in [-0.1, -0.05) is 47.0 Å². The van der Waals surface area contributed by atoms with Gasteiger partial charge in [-0.25, -0.2) is 0 Å². The van der Waals surface area contributed by atoms with Crippen molar-refractivity contribution in [2.24, 2.45) is 0 Å². The first-order valence-electron chi connectivity index (χ1n) is 3.10. The number of hydrogen-bond donors (Lipinski definition) is 0. The van der Waals surface area contributed by atoms with Crippen LogP contribution in [0.5, 0.6) is 0 Å². The first kappa shape index (κ1) is 17.5. The van der Waals surface area contributed by atoms with Crippen LogP contribution < -0.4 is 17.0 Å². The van der Waals surface area contributed by atoms with Gasteiger partial charge in [-0.15, -0.1) is 0 Å². The molecule has 0 spiro atoms. The molecular weight excluding hydrogens is 216 g/mol. The van der Waals surface area contributed by atoms with E-state index in [1.807, 2.05) is 0 Å². The Bertz CT molecular complexity index is 68.6. The molecule has 0 aliphatic rings. The molecule has 0 fully saturated rings. The van der Waals surface area contributed by atoms with E-state index in [1.54, 1.807) is 0 Å². The van der Waals surface area contributed by atoms with Crippen molar-refractivity contribution < 1.29 is 17.0 Å². The Hall–Kier alpha value is 1.46. The number of rotatable bonds is 0. The number of halogens is 1. The van der Waals surface area contributed by atoms with E-state index < -0.39 is 8.07 Å². The minimum absolute atomic E-state index is 0. The maximum absolute atomic E-state index is 4.18. The second-order valence-corrected chi connectivity index (χ2v) is 9.40. The Morgan fingerprint density at radius 1 is 1.10 bits per heavy atom. The minimum atomic E-state index is -1.11. The third-order valence-corrected chi connectivity index (χ3v) is 6.09. The van der Waals surface area contributed by atoms with Gasteiger partial charge in [0.15, 0.2) is 0 Å². The molecule has 0 heterocycles. The number of hydrogen-bond acceptors (Lipinski definition) is 0. The van der Waals surface area contributed by atoms with Crippen LogP contribution >= 0.6 is 0 Å². The Labute approximate surface area is 93.1 Å². The fourth-order valence-electron chi connectivity index (χ4n) is 0. The summed E-state index contributed by atoms with van der Waals surface area (Å²) >= 11 is 0. The van der Waals surface area contributed by atoms with Gasteiger partial charge < -0.3 is 23.5 Å². The molecule has 0 aliphatic carbocycles. The van der Waals surface area contributed by atoms with Crippen LogP contribution in [0.3, 0.4) is 0 Å². The topological polar surface area (TPSA) is 0 Å². The van der Waals surface area contributed by atoms with Gasteiger partial charge in [0.1, 0.15) is 0 Å². The molecule has 3 heteroatoms. The largest absolute Gasteiger partial charge is 2.00 e. The quantitative estimate of drug-likeness (QED) is 0.391. The van der Waals surface area contributed by atoms with Gasteiger partial charge in [-0.3, -0.25) is 0 Å². The minimum Gasteiger partial charge on any atom is -1.00 e. The third-order valence-electron chi connectivity index (χ3n) is 2.03. The van der Waals surface area contributed by atoms with Crippen molar-refractivity contribution in [2.75, 3.05) is 0 Å². The molecule has 0 aromatic heterocycles. The molecule has 0 bridgehead atoms. The molecule has 0 N–H and O–H groups in total. The van der Waals surface area contributed by atoms with Crippen LogP contribution in [0.2, 0.25) is 18.1 Å². The summed E-state index contributed by atoms with van der Waals surface area (Å²) in [4.78, 5) is 0. The van der Waals surface area contributed by atoms with Crippen LogP contribution in [0.15, 0.2) is 0 Å². The van der Waals surface area contributed by atoms with E-state index >= 15 is 0 Å². The summed E-state index contributed by atoms with van der Waals surface area (Å²) in [5, 5.41) is 0.465. The average molecular weight is 234 g/mol. The molecule has 0 aromatic rings. The maximum Gasteiger partial charge on any atom is 2.00 e. The Balaban J connectivity index is -0.000000245. The van der Waals surface area contributed by atoms with Crippen molar-refractivity contribution in [2.45, 2.75) is 38.9 Å². The maximum atomic E-state index is 4.18. The van der Waals surface area contributed by atoms with Crippen molar-refractivity contribution >= 4 is 31.1 Å². The molecule has 0 amide bonds. The van der Waals surface area contributed by atoms with Gasteiger partial charge >= 0.3 is 23.1 Å². The average Bonchev–Trinajstić information content (AvgIpc) is 1.25. The summed E-state index contributed by atoms with van der Waals surface area (Å²) in [6, 6.07) is 0. The van der Waals surface area contributed by atoms with Crippen LogP contribution in [-0.2, 0) is 0 Å². The van der Waals surface area contributed by atoms with Crippen molar-refractivity contribution in [1.82, 2.24) is 0 Å². The summed E-state index contributed by atoms with van der Waals surface area (Å²) in [5.41, 5.74) is 0. The zero-order valence-electron chi connectivity index (χ0n) is 7.79. The summed E-state index contributed by atoms with van der Waals surface area (Å²) in [6.07, 6.45) is 0. The van der Waals surface area contributed by atoms with Crippen LogP contribution in [0.4, 0.5) is 0 Å². The van der Waals surface area contributed by atoms with Crippen LogP contribution in [0.25, 0.3) is 0 Å². The molecule has 0 aromatic carbocycles. The zero-order chi connectivity index (χ0) is 7.00. The van der Waals surface area contributed by atoms with E-state index in [0.29, 0.717) is 5.04 Å². The van der Waals surface area contributed by atoms with Gasteiger partial charge in [-0.2, -0.15) is 0 Å². The van der Waals surface area contributed by atoms with E-state index in [0.717, 1.165) is 0 Å². The standard InChI is InChI=1S/C7H17Si.BrH.Mg/c1-7(2,3)8(4,5)6;;/h4H2,1-3,5-6H3;1H;/q-1;;+2/p-1. The van der Waals surface area contributed by atoms with E-state index in [1.165, 1.54) is 0 Å². The SMILES string of the molecule is [Br-].[CH2-][Si](C)(C)C(C)(C)C.[Mg+2]. The van der Waals surface area contributed by atoms with E-state index in [9.17, 15) is 0 Å². The Kier molecular flexibility index (Phi) is 9.06. The monoisotopic (exact) mass is 232 g/mol. The molecule has 0 nitrogen and oxygen atoms in total. The Morgan fingerprint density at radius 3 is 1.20 bits per heavy atom. The smallest absolute Gasteiger partial charge is 1.00 e. The normalized spacial score (nSPS) is 11.4. The first-order chi connectivity index (χ1) is 3.25. The fourth-order valence-corrected chi connectivity index (χ4v) is 0. The molecule has 0 radical (unpaired) electrons. The predicted molar refractivity (Wildman–Crippen MR) is 48.3 cm³/mol. The summed E-state index contributed by atoms with van der Waals surface area (Å²) in [6.45, 7) is 15.6. The molecular formula is C7H17BrMgSi. The van der Waals surface area contributed by atoms with Crippen LogP contribution in [0.1, 0.15) is 20.8 Å². The third kappa shape index (κ3) is 6.19. The van der Waals surface area contributed by atoms with Crippen LogP contribution in [-0.4, -0.2) is 31.1 Å². The van der Waals surface area contributed by atoms with Crippen molar-refractivity contribution in [3.8, 4) is 0 Å². The predicted octanol–water partition coefficient (Wildman–Crippen LogP) is -0.509. The molecule has 58 valence electrons. The molecule has 0 saturated heterocycles. The molecule has 0 unspecified atom stereocenters. The zero-order valence-corrected chi connectivity index (χ0v) is 11.8. The fraction of sp³-hybridized carbons (Fsp3) is 0.857. The second kappa shape index (κ2) is 5.17. The van der Waals surface area contributed by atoms with E-state index in [2.05, 4.69) is 40.4 Å². The van der Waals surface area contributed by atoms with Gasteiger partial charge in [0, 0.05) is 0 Å². The van der Waals surface area contributed by atoms with Gasteiger partial charge in [0.05, 0.1) is 0 Å². The summed E-state index contributed by atoms with van der Waals surface area (Å²) < 4.78 is 0. The molecule has 0 saturated carbocycles. The Morgan fingerprint density at radius 2 is 1.20 bits per heavy atom. The second-order valence-electron chi connectivity index (χ2n) is 4.13. The first-order valence-corrected chi connectivity index (χ1v) is 6.31.